The van der Waals surface area contributed by atoms with E-state index in [-0.39, 0.29) is 0 Å². The fraction of sp³-hybridized carbons (Fsp3) is 0.0244. The molecule has 4 heteroatoms. The van der Waals surface area contributed by atoms with Crippen LogP contribution in [0.3, 0.4) is 0 Å². The Morgan fingerprint density at radius 1 is 0.311 bits per heavy atom. The molecule has 0 bridgehead atoms. The quantitative estimate of drug-likeness (QED) is 0.185. The van der Waals surface area contributed by atoms with Gasteiger partial charge in [0.1, 0.15) is 0 Å². The van der Waals surface area contributed by atoms with Gasteiger partial charge in [0.05, 0.1) is 11.0 Å². The summed E-state index contributed by atoms with van der Waals surface area (Å²) in [7, 11) is 0. The van der Waals surface area contributed by atoms with E-state index in [2.05, 4.69) is 84.9 Å². The number of para-hydroxylation sites is 2. The van der Waals surface area contributed by atoms with Gasteiger partial charge in [0.15, 0.2) is 17.5 Å². The average Bonchev–Trinajstić information content (AvgIpc) is 3.12. The van der Waals surface area contributed by atoms with Crippen LogP contribution in [0.15, 0.2) is 158 Å². The van der Waals surface area contributed by atoms with Crippen LogP contribution in [0.5, 0.6) is 0 Å². The van der Waals surface area contributed by atoms with Crippen LogP contribution in [-0.4, -0.2) is 19.9 Å². The SMILES string of the molecule is c1ccc(-c2nc(-c3ccccc3)nc(-c3ccc(Cc4ccc(-c5c6ccccc6nc6ccccc56)cc4)cc3)n2)cc1. The van der Waals surface area contributed by atoms with Crippen LogP contribution in [0.2, 0.25) is 0 Å². The van der Waals surface area contributed by atoms with Gasteiger partial charge in [-0.05, 0) is 35.2 Å². The molecule has 0 aliphatic rings. The molecule has 2 heterocycles. The zero-order valence-electron chi connectivity index (χ0n) is 24.5. The van der Waals surface area contributed by atoms with Crippen molar-refractivity contribution in [2.24, 2.45) is 0 Å². The first-order valence-corrected chi connectivity index (χ1v) is 15.1. The fourth-order valence-electron chi connectivity index (χ4n) is 5.89. The lowest BCUT2D eigenvalue weighted by Crippen LogP contribution is -2.00. The third kappa shape index (κ3) is 5.34. The van der Waals surface area contributed by atoms with Crippen molar-refractivity contribution in [3.05, 3.63) is 169 Å². The number of benzene rings is 6. The molecule has 0 unspecified atom stereocenters. The van der Waals surface area contributed by atoms with E-state index in [0.717, 1.165) is 34.1 Å². The molecule has 6 aromatic carbocycles. The third-order valence-corrected chi connectivity index (χ3v) is 8.15. The molecule has 2 aromatic heterocycles. The molecule has 0 N–H and O–H groups in total. The lowest BCUT2D eigenvalue weighted by Gasteiger charge is -2.12. The maximum absolute atomic E-state index is 4.89. The molecule has 0 saturated heterocycles. The molecular formula is C41H28N4. The summed E-state index contributed by atoms with van der Waals surface area (Å²) < 4.78 is 0. The lowest BCUT2D eigenvalue weighted by molar-refractivity contribution is 1.07. The van der Waals surface area contributed by atoms with Crippen LogP contribution < -0.4 is 0 Å². The molecule has 0 saturated carbocycles. The predicted molar refractivity (Wildman–Crippen MR) is 184 cm³/mol. The zero-order valence-corrected chi connectivity index (χ0v) is 24.5. The minimum Gasteiger partial charge on any atom is -0.248 e. The average molecular weight is 577 g/mol. The molecule has 0 amide bonds. The Kier molecular flexibility index (Phi) is 6.85. The molecule has 0 radical (unpaired) electrons. The number of aromatic nitrogens is 4. The minimum atomic E-state index is 0.662. The van der Waals surface area contributed by atoms with E-state index in [1.54, 1.807) is 0 Å². The van der Waals surface area contributed by atoms with Gasteiger partial charge in [-0.15, -0.1) is 0 Å². The second kappa shape index (κ2) is 11.6. The van der Waals surface area contributed by atoms with E-state index in [4.69, 9.17) is 19.9 Å². The number of fused-ring (bicyclic) bond motifs is 2. The summed E-state index contributed by atoms with van der Waals surface area (Å²) in [6.07, 6.45) is 0.833. The highest BCUT2D eigenvalue weighted by Gasteiger charge is 2.13. The van der Waals surface area contributed by atoms with Crippen LogP contribution in [-0.2, 0) is 6.42 Å². The topological polar surface area (TPSA) is 51.6 Å². The summed E-state index contributed by atoms with van der Waals surface area (Å²) in [5.74, 6) is 1.99. The van der Waals surface area contributed by atoms with Crippen LogP contribution in [0.1, 0.15) is 11.1 Å². The summed E-state index contributed by atoms with van der Waals surface area (Å²) in [6, 6.07) is 54.4. The highest BCUT2D eigenvalue weighted by Crippen LogP contribution is 2.35. The Labute approximate surface area is 261 Å². The van der Waals surface area contributed by atoms with Crippen LogP contribution in [0, 0.1) is 0 Å². The number of nitrogens with zero attached hydrogens (tertiary/aromatic N) is 4. The van der Waals surface area contributed by atoms with Gasteiger partial charge in [0, 0.05) is 33.0 Å². The molecule has 212 valence electrons. The monoisotopic (exact) mass is 576 g/mol. The van der Waals surface area contributed by atoms with Crippen molar-refractivity contribution in [1.82, 2.24) is 19.9 Å². The summed E-state index contributed by atoms with van der Waals surface area (Å²) in [4.78, 5) is 19.4. The van der Waals surface area contributed by atoms with Gasteiger partial charge < -0.3 is 0 Å². The third-order valence-electron chi connectivity index (χ3n) is 8.15. The second-order valence-electron chi connectivity index (χ2n) is 11.1. The molecule has 0 atom stereocenters. The predicted octanol–water partition coefficient (Wildman–Crippen LogP) is 9.83. The molecule has 0 fully saturated rings. The van der Waals surface area contributed by atoms with Crippen molar-refractivity contribution in [2.75, 3.05) is 0 Å². The van der Waals surface area contributed by atoms with Gasteiger partial charge in [-0.1, -0.05) is 146 Å². The first kappa shape index (κ1) is 26.6. The summed E-state index contributed by atoms with van der Waals surface area (Å²) in [5, 5.41) is 2.34. The van der Waals surface area contributed by atoms with Crippen molar-refractivity contribution < 1.29 is 0 Å². The van der Waals surface area contributed by atoms with E-state index < -0.39 is 0 Å². The Balaban J connectivity index is 1.09. The Bertz CT molecular complexity index is 2150. The molecule has 45 heavy (non-hydrogen) atoms. The molecule has 4 nitrogen and oxygen atoms in total. The van der Waals surface area contributed by atoms with Gasteiger partial charge in [0.2, 0.25) is 0 Å². The van der Waals surface area contributed by atoms with Crippen LogP contribution in [0.4, 0.5) is 0 Å². The lowest BCUT2D eigenvalue weighted by atomic mass is 9.94. The fourth-order valence-corrected chi connectivity index (χ4v) is 5.89. The molecule has 0 spiro atoms. The number of hydrogen-bond acceptors (Lipinski definition) is 4. The van der Waals surface area contributed by atoms with Crippen LogP contribution in [0.25, 0.3) is 67.1 Å². The normalized spacial score (nSPS) is 11.2. The van der Waals surface area contributed by atoms with Crippen molar-refractivity contribution in [3.8, 4) is 45.3 Å². The van der Waals surface area contributed by atoms with Crippen molar-refractivity contribution in [3.63, 3.8) is 0 Å². The van der Waals surface area contributed by atoms with Gasteiger partial charge >= 0.3 is 0 Å². The highest BCUT2D eigenvalue weighted by atomic mass is 15.0. The second-order valence-corrected chi connectivity index (χ2v) is 11.1. The number of pyridine rings is 1. The first-order valence-electron chi connectivity index (χ1n) is 15.1. The molecule has 0 aliphatic carbocycles. The van der Waals surface area contributed by atoms with E-state index in [1.165, 1.54) is 33.0 Å². The Morgan fingerprint density at radius 2 is 0.689 bits per heavy atom. The number of hydrogen-bond donors (Lipinski definition) is 0. The number of rotatable bonds is 6. The summed E-state index contributed by atoms with van der Waals surface area (Å²) >= 11 is 0. The smallest absolute Gasteiger partial charge is 0.164 e. The molecule has 8 rings (SSSR count). The Hall–Kier alpha value is -6.00. The molecular weight excluding hydrogens is 548 g/mol. The first-order chi connectivity index (χ1) is 22.3. The van der Waals surface area contributed by atoms with Crippen molar-refractivity contribution in [2.45, 2.75) is 6.42 Å². The van der Waals surface area contributed by atoms with E-state index in [9.17, 15) is 0 Å². The largest absolute Gasteiger partial charge is 0.248 e. The van der Waals surface area contributed by atoms with E-state index >= 15 is 0 Å². The standard InChI is InChI=1S/C41H28N4/c1-3-11-31(12-4-1)39-43-40(32-13-5-2-6-14-32)45-41(44-39)33-25-21-29(22-26-33)27-28-19-23-30(24-20-28)38-34-15-7-9-17-36(34)42-37-18-10-8-16-35(37)38/h1-26H,27H2. The van der Waals surface area contributed by atoms with E-state index in [0.29, 0.717) is 17.5 Å². The summed E-state index contributed by atoms with van der Waals surface area (Å²) in [5.41, 5.74) is 9.83. The van der Waals surface area contributed by atoms with Gasteiger partial charge in [-0.25, -0.2) is 19.9 Å². The van der Waals surface area contributed by atoms with Gasteiger partial charge in [-0.2, -0.15) is 0 Å². The Morgan fingerprint density at radius 3 is 1.16 bits per heavy atom. The highest BCUT2D eigenvalue weighted by molar-refractivity contribution is 6.09. The molecule has 8 aromatic rings. The van der Waals surface area contributed by atoms with Crippen molar-refractivity contribution >= 4 is 21.8 Å². The van der Waals surface area contributed by atoms with Crippen LogP contribution >= 0.6 is 0 Å². The van der Waals surface area contributed by atoms with Gasteiger partial charge in [0.25, 0.3) is 0 Å². The summed E-state index contributed by atoms with van der Waals surface area (Å²) in [6.45, 7) is 0. The van der Waals surface area contributed by atoms with E-state index in [1.807, 2.05) is 72.8 Å². The zero-order chi connectivity index (χ0) is 30.0. The maximum atomic E-state index is 4.89. The van der Waals surface area contributed by atoms with Gasteiger partial charge in [-0.3, -0.25) is 0 Å². The van der Waals surface area contributed by atoms with Crippen molar-refractivity contribution in [1.29, 1.82) is 0 Å². The maximum Gasteiger partial charge on any atom is 0.164 e. The molecule has 0 aliphatic heterocycles. The minimum absolute atomic E-state index is 0.662.